The maximum absolute atomic E-state index is 13.3. The summed E-state index contributed by atoms with van der Waals surface area (Å²) in [5.74, 6) is 0.977. The van der Waals surface area contributed by atoms with E-state index in [-0.39, 0.29) is 18.0 Å². The van der Waals surface area contributed by atoms with Crippen molar-refractivity contribution in [3.8, 4) is 11.5 Å². The highest BCUT2D eigenvalue weighted by atomic mass is 35.5. The van der Waals surface area contributed by atoms with Crippen molar-refractivity contribution in [2.24, 2.45) is 0 Å². The third-order valence-electron chi connectivity index (χ3n) is 5.18. The second kappa shape index (κ2) is 8.15. The predicted molar refractivity (Wildman–Crippen MR) is 113 cm³/mol. The minimum atomic E-state index is -4.56. The van der Waals surface area contributed by atoms with Gasteiger partial charge in [0.2, 0.25) is 5.91 Å². The number of carbonyl (C=O) groups is 1. The quantitative estimate of drug-likeness (QED) is 0.459. The van der Waals surface area contributed by atoms with Crippen molar-refractivity contribution in [2.45, 2.75) is 25.1 Å². The molecule has 0 bridgehead atoms. The molecule has 4 nitrogen and oxygen atoms in total. The number of carbonyl (C=O) groups excluding carboxylic acids is 1. The molecule has 1 saturated heterocycles. The fourth-order valence-electron chi connectivity index (χ4n) is 3.74. The SMILES string of the molecule is Nc1c(C2CCC(=O)N2c2ccc(Oc3ccc(Cl)cc3)cc2)cccc1C(F)(F)F. The van der Waals surface area contributed by atoms with E-state index in [0.717, 1.165) is 6.07 Å². The molecular weight excluding hydrogens is 429 g/mol. The highest BCUT2D eigenvalue weighted by Crippen LogP contribution is 2.43. The summed E-state index contributed by atoms with van der Waals surface area (Å²) in [7, 11) is 0. The Balaban J connectivity index is 1.61. The van der Waals surface area contributed by atoms with Gasteiger partial charge in [-0.25, -0.2) is 0 Å². The van der Waals surface area contributed by atoms with E-state index in [1.807, 2.05) is 0 Å². The zero-order chi connectivity index (χ0) is 22.2. The Kier molecular flexibility index (Phi) is 5.54. The molecule has 1 aliphatic heterocycles. The molecule has 0 radical (unpaired) electrons. The molecule has 160 valence electrons. The van der Waals surface area contributed by atoms with E-state index in [0.29, 0.717) is 34.2 Å². The topological polar surface area (TPSA) is 55.6 Å². The molecule has 1 heterocycles. The number of halogens is 4. The van der Waals surface area contributed by atoms with Crippen LogP contribution in [0.2, 0.25) is 5.02 Å². The average Bonchev–Trinajstić information content (AvgIpc) is 3.11. The van der Waals surface area contributed by atoms with Gasteiger partial charge in [0.15, 0.2) is 0 Å². The van der Waals surface area contributed by atoms with Crippen molar-refractivity contribution >= 4 is 28.9 Å². The third kappa shape index (κ3) is 4.32. The molecule has 31 heavy (non-hydrogen) atoms. The predicted octanol–water partition coefficient (Wildman–Crippen LogP) is 6.60. The third-order valence-corrected chi connectivity index (χ3v) is 5.43. The number of hydrogen-bond donors (Lipinski definition) is 1. The summed E-state index contributed by atoms with van der Waals surface area (Å²) in [6.07, 6.45) is -3.95. The summed E-state index contributed by atoms with van der Waals surface area (Å²) < 4.78 is 45.6. The van der Waals surface area contributed by atoms with Gasteiger partial charge in [0.05, 0.1) is 11.6 Å². The van der Waals surface area contributed by atoms with Crippen molar-refractivity contribution in [3.05, 3.63) is 82.9 Å². The maximum Gasteiger partial charge on any atom is 0.418 e. The number of para-hydroxylation sites is 1. The van der Waals surface area contributed by atoms with E-state index < -0.39 is 17.8 Å². The Bertz CT molecular complexity index is 1100. The summed E-state index contributed by atoms with van der Waals surface area (Å²) in [6.45, 7) is 0. The highest BCUT2D eigenvalue weighted by Gasteiger charge is 2.38. The summed E-state index contributed by atoms with van der Waals surface area (Å²) in [4.78, 5) is 14.1. The first-order valence-electron chi connectivity index (χ1n) is 9.55. The Labute approximate surface area is 182 Å². The van der Waals surface area contributed by atoms with Crippen LogP contribution in [0, 0.1) is 0 Å². The maximum atomic E-state index is 13.3. The number of alkyl halides is 3. The van der Waals surface area contributed by atoms with Crippen LogP contribution in [0.25, 0.3) is 0 Å². The molecule has 0 aromatic heterocycles. The number of rotatable bonds is 4. The van der Waals surface area contributed by atoms with Gasteiger partial charge in [-0.2, -0.15) is 13.2 Å². The molecule has 0 saturated carbocycles. The molecule has 1 fully saturated rings. The Morgan fingerprint density at radius 2 is 1.58 bits per heavy atom. The molecule has 2 N–H and O–H groups in total. The monoisotopic (exact) mass is 446 g/mol. The molecule has 8 heteroatoms. The van der Waals surface area contributed by atoms with Crippen molar-refractivity contribution in [1.82, 2.24) is 0 Å². The largest absolute Gasteiger partial charge is 0.457 e. The summed E-state index contributed by atoms with van der Waals surface area (Å²) in [6, 6.07) is 16.9. The van der Waals surface area contributed by atoms with Crippen LogP contribution in [0.1, 0.15) is 30.0 Å². The first-order chi connectivity index (χ1) is 14.7. The first kappa shape index (κ1) is 21.1. The minimum absolute atomic E-state index is 0.173. The molecular formula is C23H18ClF3N2O2. The molecule has 1 atom stereocenters. The summed E-state index contributed by atoms with van der Waals surface area (Å²) in [5.41, 5.74) is 5.49. The van der Waals surface area contributed by atoms with Crippen molar-refractivity contribution < 1.29 is 22.7 Å². The Morgan fingerprint density at radius 1 is 0.968 bits per heavy atom. The number of nitrogens with zero attached hydrogens (tertiary/aromatic N) is 1. The number of ether oxygens (including phenoxy) is 1. The smallest absolute Gasteiger partial charge is 0.418 e. The van der Waals surface area contributed by atoms with Crippen LogP contribution < -0.4 is 15.4 Å². The number of nitrogen functional groups attached to an aromatic ring is 1. The van der Waals surface area contributed by atoms with Crippen LogP contribution in [-0.4, -0.2) is 5.91 Å². The van der Waals surface area contributed by atoms with Gasteiger partial charge in [-0.15, -0.1) is 0 Å². The molecule has 0 spiro atoms. The van der Waals surface area contributed by atoms with Gasteiger partial charge in [-0.3, -0.25) is 4.79 Å². The lowest BCUT2D eigenvalue weighted by Crippen LogP contribution is -2.28. The van der Waals surface area contributed by atoms with Crippen molar-refractivity contribution in [1.29, 1.82) is 0 Å². The number of anilines is 2. The molecule has 0 aliphatic carbocycles. The number of benzene rings is 3. The van der Waals surface area contributed by atoms with Gasteiger partial charge >= 0.3 is 6.18 Å². The fraction of sp³-hybridized carbons (Fsp3) is 0.174. The minimum Gasteiger partial charge on any atom is -0.457 e. The van der Waals surface area contributed by atoms with E-state index in [1.54, 1.807) is 54.6 Å². The van der Waals surface area contributed by atoms with E-state index in [2.05, 4.69) is 0 Å². The Morgan fingerprint density at radius 3 is 2.19 bits per heavy atom. The standard InChI is InChI=1S/C23H18ClF3N2O2/c24-14-4-8-16(9-5-14)31-17-10-6-15(7-11-17)29-20(12-13-21(29)30)18-2-1-3-19(22(18)28)23(25,26)27/h1-11,20H,12-13,28H2. The summed E-state index contributed by atoms with van der Waals surface area (Å²) >= 11 is 5.87. The van der Waals surface area contributed by atoms with E-state index >= 15 is 0 Å². The van der Waals surface area contributed by atoms with Crippen LogP contribution in [0.5, 0.6) is 11.5 Å². The summed E-state index contributed by atoms with van der Waals surface area (Å²) in [5, 5.41) is 0.593. The molecule has 4 rings (SSSR count). The van der Waals surface area contributed by atoms with Crippen LogP contribution in [0.4, 0.5) is 24.5 Å². The average molecular weight is 447 g/mol. The molecule has 1 unspecified atom stereocenters. The van der Waals surface area contributed by atoms with E-state index in [4.69, 9.17) is 22.1 Å². The van der Waals surface area contributed by atoms with Crippen molar-refractivity contribution in [2.75, 3.05) is 10.6 Å². The van der Waals surface area contributed by atoms with E-state index in [9.17, 15) is 18.0 Å². The second-order valence-corrected chi connectivity index (χ2v) is 7.61. The van der Waals surface area contributed by atoms with Crippen LogP contribution >= 0.6 is 11.6 Å². The molecule has 3 aromatic rings. The highest BCUT2D eigenvalue weighted by molar-refractivity contribution is 6.30. The molecule has 3 aromatic carbocycles. The Hall–Kier alpha value is -3.19. The van der Waals surface area contributed by atoms with Crippen LogP contribution in [0.15, 0.2) is 66.7 Å². The normalized spacial score (nSPS) is 16.6. The fourth-order valence-corrected chi connectivity index (χ4v) is 3.86. The van der Waals surface area contributed by atoms with Gasteiger partial charge < -0.3 is 15.4 Å². The second-order valence-electron chi connectivity index (χ2n) is 7.17. The lowest BCUT2D eigenvalue weighted by molar-refractivity contribution is -0.137. The first-order valence-corrected chi connectivity index (χ1v) is 9.93. The number of nitrogens with two attached hydrogens (primary N) is 1. The van der Waals surface area contributed by atoms with Crippen molar-refractivity contribution in [3.63, 3.8) is 0 Å². The van der Waals surface area contributed by atoms with Gasteiger partial charge in [-0.05, 0) is 66.6 Å². The van der Waals surface area contributed by atoms with Crippen LogP contribution in [0.3, 0.4) is 0 Å². The van der Waals surface area contributed by atoms with E-state index in [1.165, 1.54) is 11.0 Å². The van der Waals surface area contributed by atoms with Gasteiger partial charge in [-0.1, -0.05) is 23.7 Å². The lowest BCUT2D eigenvalue weighted by atomic mass is 9.98. The zero-order valence-corrected chi connectivity index (χ0v) is 17.0. The van der Waals surface area contributed by atoms with Crippen LogP contribution in [-0.2, 0) is 11.0 Å². The van der Waals surface area contributed by atoms with Gasteiger partial charge in [0.1, 0.15) is 11.5 Å². The number of amides is 1. The molecule has 1 amide bonds. The molecule has 1 aliphatic rings. The number of hydrogen-bond acceptors (Lipinski definition) is 3. The van der Waals surface area contributed by atoms with Gasteiger partial charge in [0.25, 0.3) is 0 Å². The lowest BCUT2D eigenvalue weighted by Gasteiger charge is -2.27. The van der Waals surface area contributed by atoms with Gasteiger partial charge in [0, 0.05) is 22.8 Å². The zero-order valence-electron chi connectivity index (χ0n) is 16.2.